The van der Waals surface area contributed by atoms with E-state index < -0.39 is 0 Å². The normalized spacial score (nSPS) is 17.9. The highest BCUT2D eigenvalue weighted by Gasteiger charge is 2.33. The molecule has 1 fully saturated rings. The maximum Gasteiger partial charge on any atom is 0.254 e. The average Bonchev–Trinajstić information content (AvgIpc) is 3.09. The maximum atomic E-state index is 13.1. The van der Waals surface area contributed by atoms with Crippen LogP contribution >= 0.6 is 0 Å². The number of allylic oxidation sites excluding steroid dienone is 2. The second-order valence-electron chi connectivity index (χ2n) is 8.87. The van der Waals surface area contributed by atoms with Crippen LogP contribution in [0.15, 0.2) is 41.2 Å². The van der Waals surface area contributed by atoms with Gasteiger partial charge in [-0.1, -0.05) is 31.4 Å². The Morgan fingerprint density at radius 1 is 1.26 bits per heavy atom. The number of benzene rings is 1. The standard InChI is InChI=1S/C26H32N4O/c1-17-11-21-16-30(22-7-5-4-6-8-22)26(31)23(21)13-20(17)12-19-9-10-25(29-14-19)24(15-28-3)18(2)27/h9-11,13-15,22H,4-8,12,16,27H2,1-3H3. The number of fused-ring (bicyclic) bond motifs is 1. The van der Waals surface area contributed by atoms with E-state index in [0.29, 0.717) is 11.7 Å². The summed E-state index contributed by atoms with van der Waals surface area (Å²) in [5.41, 5.74) is 13.9. The molecule has 2 aromatic rings. The summed E-state index contributed by atoms with van der Waals surface area (Å²) in [6.07, 6.45) is 10.5. The third-order valence-electron chi connectivity index (χ3n) is 6.59. The molecule has 2 aliphatic rings. The van der Waals surface area contributed by atoms with Gasteiger partial charge in [0.25, 0.3) is 5.91 Å². The van der Waals surface area contributed by atoms with Gasteiger partial charge in [0.15, 0.2) is 0 Å². The lowest BCUT2D eigenvalue weighted by Crippen LogP contribution is -2.36. The number of amides is 1. The number of aryl methyl sites for hydroxylation is 1. The molecular formula is C26H32N4O. The van der Waals surface area contributed by atoms with Gasteiger partial charge in [0.2, 0.25) is 0 Å². The van der Waals surface area contributed by atoms with Crippen LogP contribution in [-0.4, -0.2) is 35.1 Å². The summed E-state index contributed by atoms with van der Waals surface area (Å²) in [5, 5.41) is 0. The number of hydrogen-bond acceptors (Lipinski definition) is 4. The topological polar surface area (TPSA) is 71.6 Å². The van der Waals surface area contributed by atoms with Gasteiger partial charge in [0.1, 0.15) is 0 Å². The second kappa shape index (κ2) is 9.04. The lowest BCUT2D eigenvalue weighted by atomic mass is 9.94. The van der Waals surface area contributed by atoms with Crippen molar-refractivity contribution in [2.45, 2.75) is 65.0 Å². The van der Waals surface area contributed by atoms with Gasteiger partial charge in [-0.2, -0.15) is 0 Å². The first kappa shape index (κ1) is 21.3. The van der Waals surface area contributed by atoms with E-state index in [9.17, 15) is 4.79 Å². The number of carbonyl (C=O) groups is 1. The van der Waals surface area contributed by atoms with E-state index in [1.807, 2.05) is 19.2 Å². The fourth-order valence-electron chi connectivity index (χ4n) is 4.84. The second-order valence-corrected chi connectivity index (χ2v) is 8.87. The number of pyridine rings is 1. The predicted octanol–water partition coefficient (Wildman–Crippen LogP) is 4.66. The SMILES string of the molecule is CN=CC(=C(C)N)c1ccc(Cc2cc3c(cc2C)CN(C2CCCCC2)C3=O)cn1. The van der Waals surface area contributed by atoms with Crippen LogP contribution in [0.3, 0.4) is 0 Å². The van der Waals surface area contributed by atoms with Gasteiger partial charge in [-0.25, -0.2) is 0 Å². The first-order valence-electron chi connectivity index (χ1n) is 11.2. The molecule has 1 aromatic carbocycles. The molecule has 1 aromatic heterocycles. The van der Waals surface area contributed by atoms with Crippen molar-refractivity contribution in [3.05, 3.63) is 69.7 Å². The van der Waals surface area contributed by atoms with Crippen molar-refractivity contribution in [3.63, 3.8) is 0 Å². The number of aliphatic imine (C=N–C) groups is 1. The fourth-order valence-corrected chi connectivity index (χ4v) is 4.84. The zero-order valence-electron chi connectivity index (χ0n) is 18.8. The number of rotatable bonds is 5. The molecule has 0 bridgehead atoms. The minimum atomic E-state index is 0.212. The van der Waals surface area contributed by atoms with Crippen LogP contribution in [0.2, 0.25) is 0 Å². The summed E-state index contributed by atoms with van der Waals surface area (Å²) >= 11 is 0. The summed E-state index contributed by atoms with van der Waals surface area (Å²) < 4.78 is 0. The number of aromatic nitrogens is 1. The lowest BCUT2D eigenvalue weighted by Gasteiger charge is -2.30. The van der Waals surface area contributed by atoms with Gasteiger partial charge in [0.05, 0.1) is 5.69 Å². The molecule has 4 rings (SSSR count). The average molecular weight is 417 g/mol. The Kier molecular flexibility index (Phi) is 6.21. The Hall–Kier alpha value is -2.95. The molecule has 0 radical (unpaired) electrons. The molecule has 1 aliphatic carbocycles. The van der Waals surface area contributed by atoms with E-state index >= 15 is 0 Å². The molecule has 0 spiro atoms. The van der Waals surface area contributed by atoms with E-state index in [1.54, 1.807) is 13.3 Å². The van der Waals surface area contributed by atoms with Crippen LogP contribution in [0, 0.1) is 6.92 Å². The molecule has 1 amide bonds. The quantitative estimate of drug-likeness (QED) is 0.721. The molecule has 5 nitrogen and oxygen atoms in total. The van der Waals surface area contributed by atoms with Crippen molar-refractivity contribution in [1.29, 1.82) is 0 Å². The Labute approximate surface area is 185 Å². The summed E-state index contributed by atoms with van der Waals surface area (Å²) in [6, 6.07) is 8.81. The fraction of sp³-hybridized carbons (Fsp3) is 0.423. The van der Waals surface area contributed by atoms with E-state index in [-0.39, 0.29) is 5.91 Å². The van der Waals surface area contributed by atoms with Crippen molar-refractivity contribution >= 4 is 17.7 Å². The van der Waals surface area contributed by atoms with Crippen molar-refractivity contribution < 1.29 is 4.79 Å². The van der Waals surface area contributed by atoms with Gasteiger partial charge in [-0.05, 0) is 67.5 Å². The van der Waals surface area contributed by atoms with Crippen LogP contribution < -0.4 is 5.73 Å². The van der Waals surface area contributed by atoms with E-state index in [1.165, 1.54) is 36.0 Å². The molecule has 1 saturated carbocycles. The number of nitrogens with zero attached hydrogens (tertiary/aromatic N) is 3. The Bertz CT molecular complexity index is 1030. The zero-order valence-corrected chi connectivity index (χ0v) is 18.8. The van der Waals surface area contributed by atoms with Crippen molar-refractivity contribution in [3.8, 4) is 0 Å². The highest BCUT2D eigenvalue weighted by atomic mass is 16.2. The lowest BCUT2D eigenvalue weighted by molar-refractivity contribution is 0.0660. The van der Waals surface area contributed by atoms with E-state index in [2.05, 4.69) is 40.0 Å². The van der Waals surface area contributed by atoms with Gasteiger partial charge >= 0.3 is 0 Å². The van der Waals surface area contributed by atoms with Crippen LogP contribution in [0.1, 0.15) is 77.3 Å². The smallest absolute Gasteiger partial charge is 0.254 e. The molecule has 0 saturated heterocycles. The molecule has 0 unspecified atom stereocenters. The predicted molar refractivity (Wildman–Crippen MR) is 126 cm³/mol. The molecule has 0 atom stereocenters. The van der Waals surface area contributed by atoms with Crippen molar-refractivity contribution in [2.24, 2.45) is 10.7 Å². The van der Waals surface area contributed by atoms with Gasteiger partial charge in [-0.15, -0.1) is 0 Å². The number of nitrogens with two attached hydrogens (primary N) is 1. The summed E-state index contributed by atoms with van der Waals surface area (Å²) in [6.45, 7) is 4.76. The Morgan fingerprint density at radius 3 is 2.68 bits per heavy atom. The van der Waals surface area contributed by atoms with Crippen LogP contribution in [0.25, 0.3) is 5.57 Å². The minimum Gasteiger partial charge on any atom is -0.402 e. The van der Waals surface area contributed by atoms with Crippen molar-refractivity contribution in [2.75, 3.05) is 7.05 Å². The first-order valence-corrected chi connectivity index (χ1v) is 11.2. The van der Waals surface area contributed by atoms with Crippen LogP contribution in [0.5, 0.6) is 0 Å². The molecule has 2 N–H and O–H groups in total. The van der Waals surface area contributed by atoms with Gasteiger partial charge in [-0.3, -0.25) is 14.8 Å². The third kappa shape index (κ3) is 4.41. The van der Waals surface area contributed by atoms with Gasteiger partial charge in [0, 0.05) is 48.9 Å². The maximum absolute atomic E-state index is 13.1. The van der Waals surface area contributed by atoms with Gasteiger partial charge < -0.3 is 10.6 Å². The summed E-state index contributed by atoms with van der Waals surface area (Å²) in [7, 11) is 1.73. The molecule has 2 heterocycles. The first-order chi connectivity index (χ1) is 15.0. The van der Waals surface area contributed by atoms with E-state index in [4.69, 9.17) is 5.73 Å². The third-order valence-corrected chi connectivity index (χ3v) is 6.59. The molecular weight excluding hydrogens is 384 g/mol. The molecule has 31 heavy (non-hydrogen) atoms. The van der Waals surface area contributed by atoms with Crippen LogP contribution in [-0.2, 0) is 13.0 Å². The highest BCUT2D eigenvalue weighted by molar-refractivity contribution is 6.09. The monoisotopic (exact) mass is 416 g/mol. The van der Waals surface area contributed by atoms with Crippen LogP contribution in [0.4, 0.5) is 0 Å². The number of carbonyl (C=O) groups excluding carboxylic acids is 1. The van der Waals surface area contributed by atoms with Crippen molar-refractivity contribution in [1.82, 2.24) is 9.88 Å². The Morgan fingerprint density at radius 2 is 2.03 bits per heavy atom. The summed E-state index contributed by atoms with van der Waals surface area (Å²) in [4.78, 5) is 23.9. The largest absolute Gasteiger partial charge is 0.402 e. The zero-order chi connectivity index (χ0) is 22.0. The number of hydrogen-bond donors (Lipinski definition) is 1. The molecule has 162 valence electrons. The molecule has 1 aliphatic heterocycles. The van der Waals surface area contributed by atoms with E-state index in [0.717, 1.165) is 48.2 Å². The highest BCUT2D eigenvalue weighted by Crippen LogP contribution is 2.33. The minimum absolute atomic E-state index is 0.212. The summed E-state index contributed by atoms with van der Waals surface area (Å²) in [5.74, 6) is 0.212. The Balaban J connectivity index is 1.54. The molecule has 5 heteroatoms.